The van der Waals surface area contributed by atoms with E-state index in [9.17, 15) is 4.79 Å². The van der Waals surface area contributed by atoms with Crippen LogP contribution in [0.4, 0.5) is 5.69 Å². The molecule has 106 valence electrons. The molecule has 0 bridgehead atoms. The van der Waals surface area contributed by atoms with E-state index in [-0.39, 0.29) is 11.3 Å². The number of aryl methyl sites for hydroxylation is 1. The fraction of sp³-hybridized carbons (Fsp3) is 0.375. The summed E-state index contributed by atoms with van der Waals surface area (Å²) in [5, 5.41) is 7.10. The topological polar surface area (TPSA) is 46.9 Å². The minimum Gasteiger partial charge on any atom is -0.322 e. The first-order chi connectivity index (χ1) is 9.30. The predicted molar refractivity (Wildman–Crippen MR) is 81.0 cm³/mol. The molecule has 2 rings (SSSR count). The number of nitrogens with zero attached hydrogens (tertiary/aromatic N) is 2. The Labute approximate surface area is 119 Å². The molecule has 0 radical (unpaired) electrons. The number of anilines is 1. The molecule has 0 spiro atoms. The van der Waals surface area contributed by atoms with Crippen LogP contribution in [-0.4, -0.2) is 15.7 Å². The maximum absolute atomic E-state index is 12.4. The zero-order valence-corrected chi connectivity index (χ0v) is 12.7. The van der Waals surface area contributed by atoms with Crippen LogP contribution in [0.5, 0.6) is 0 Å². The van der Waals surface area contributed by atoms with Crippen molar-refractivity contribution in [3.63, 3.8) is 0 Å². The molecular weight excluding hydrogens is 250 g/mol. The van der Waals surface area contributed by atoms with Crippen LogP contribution >= 0.6 is 0 Å². The predicted octanol–water partition coefficient (Wildman–Crippen LogP) is 3.28. The number of benzene rings is 1. The number of hydrogen-bond acceptors (Lipinski definition) is 2. The fourth-order valence-corrected chi connectivity index (χ4v) is 2.16. The molecule has 1 aromatic heterocycles. The molecule has 1 amide bonds. The molecule has 20 heavy (non-hydrogen) atoms. The van der Waals surface area contributed by atoms with Gasteiger partial charge < -0.3 is 5.32 Å². The molecular formula is C16H21N3O. The number of hydrogen-bond donors (Lipinski definition) is 1. The van der Waals surface area contributed by atoms with E-state index in [2.05, 4.69) is 31.2 Å². The van der Waals surface area contributed by atoms with Crippen molar-refractivity contribution in [2.45, 2.75) is 33.1 Å². The van der Waals surface area contributed by atoms with Gasteiger partial charge in [0, 0.05) is 18.4 Å². The van der Waals surface area contributed by atoms with Gasteiger partial charge in [-0.2, -0.15) is 5.10 Å². The Morgan fingerprint density at radius 2 is 1.90 bits per heavy atom. The van der Waals surface area contributed by atoms with Gasteiger partial charge in [-0.05, 0) is 24.0 Å². The molecule has 0 fully saturated rings. The number of rotatable bonds is 2. The molecule has 0 aliphatic carbocycles. The summed E-state index contributed by atoms with van der Waals surface area (Å²) in [7, 11) is 1.83. The minimum atomic E-state index is -0.118. The number of aromatic nitrogens is 2. The first kappa shape index (κ1) is 14.3. The molecule has 1 aromatic carbocycles. The van der Waals surface area contributed by atoms with Gasteiger partial charge in [0.25, 0.3) is 5.91 Å². The Balaban J connectivity index is 2.32. The summed E-state index contributed by atoms with van der Waals surface area (Å²) in [5.41, 5.74) is 3.42. The summed E-state index contributed by atoms with van der Waals surface area (Å²) in [6.45, 7) is 8.28. The number of carbonyl (C=O) groups is 1. The summed E-state index contributed by atoms with van der Waals surface area (Å²) >= 11 is 0. The van der Waals surface area contributed by atoms with E-state index < -0.39 is 0 Å². The first-order valence-corrected chi connectivity index (χ1v) is 6.70. The van der Waals surface area contributed by atoms with Crippen molar-refractivity contribution in [2.24, 2.45) is 7.05 Å². The molecule has 0 atom stereocenters. The van der Waals surface area contributed by atoms with Crippen LogP contribution in [0.3, 0.4) is 0 Å². The lowest BCUT2D eigenvalue weighted by Gasteiger charge is -2.22. The van der Waals surface area contributed by atoms with Gasteiger partial charge in [0.05, 0.1) is 11.8 Å². The minimum absolute atomic E-state index is 0.0200. The Hall–Kier alpha value is -2.10. The Bertz CT molecular complexity index is 635. The average Bonchev–Trinajstić information content (AvgIpc) is 2.69. The molecule has 0 saturated heterocycles. The van der Waals surface area contributed by atoms with E-state index >= 15 is 0 Å². The number of para-hydroxylation sites is 1. The largest absolute Gasteiger partial charge is 0.322 e. The molecule has 2 aromatic rings. The lowest BCUT2D eigenvalue weighted by atomic mass is 9.86. The van der Waals surface area contributed by atoms with Gasteiger partial charge in [-0.1, -0.05) is 39.0 Å². The summed E-state index contributed by atoms with van der Waals surface area (Å²) in [5.74, 6) is -0.118. The van der Waals surface area contributed by atoms with Crippen LogP contribution in [0.1, 0.15) is 42.4 Å². The molecule has 0 aliphatic heterocycles. The van der Waals surface area contributed by atoms with Crippen molar-refractivity contribution >= 4 is 11.6 Å². The summed E-state index contributed by atoms with van der Waals surface area (Å²) in [4.78, 5) is 12.4. The second-order valence-electron chi connectivity index (χ2n) is 6.02. The molecule has 0 unspecified atom stereocenters. The third kappa shape index (κ3) is 2.74. The third-order valence-electron chi connectivity index (χ3n) is 3.46. The highest BCUT2D eigenvalue weighted by molar-refractivity contribution is 6.05. The van der Waals surface area contributed by atoms with Crippen molar-refractivity contribution in [3.05, 3.63) is 47.3 Å². The third-order valence-corrected chi connectivity index (χ3v) is 3.46. The zero-order chi connectivity index (χ0) is 14.9. The SMILES string of the molecule is Cc1c(C(=O)Nc2ccccc2C(C)(C)C)cnn1C. The van der Waals surface area contributed by atoms with E-state index in [1.54, 1.807) is 10.9 Å². The summed E-state index contributed by atoms with van der Waals surface area (Å²) in [6.07, 6.45) is 1.60. The van der Waals surface area contributed by atoms with E-state index in [0.29, 0.717) is 5.56 Å². The highest BCUT2D eigenvalue weighted by Gasteiger charge is 2.20. The van der Waals surface area contributed by atoms with Gasteiger partial charge in [0.15, 0.2) is 0 Å². The van der Waals surface area contributed by atoms with E-state index in [1.807, 2.05) is 38.2 Å². The zero-order valence-electron chi connectivity index (χ0n) is 12.7. The van der Waals surface area contributed by atoms with Crippen LogP contribution < -0.4 is 5.32 Å². The fourth-order valence-electron chi connectivity index (χ4n) is 2.16. The number of carbonyl (C=O) groups excluding carboxylic acids is 1. The van der Waals surface area contributed by atoms with Gasteiger partial charge in [0.2, 0.25) is 0 Å². The highest BCUT2D eigenvalue weighted by Crippen LogP contribution is 2.29. The maximum atomic E-state index is 12.4. The Morgan fingerprint density at radius 1 is 1.25 bits per heavy atom. The molecule has 4 nitrogen and oxygen atoms in total. The van der Waals surface area contributed by atoms with Crippen molar-refractivity contribution in [3.8, 4) is 0 Å². The summed E-state index contributed by atoms with van der Waals surface area (Å²) < 4.78 is 1.70. The quantitative estimate of drug-likeness (QED) is 0.911. The monoisotopic (exact) mass is 271 g/mol. The highest BCUT2D eigenvalue weighted by atomic mass is 16.1. The average molecular weight is 271 g/mol. The molecule has 0 aliphatic rings. The molecule has 1 N–H and O–H groups in total. The summed E-state index contributed by atoms with van der Waals surface area (Å²) in [6, 6.07) is 7.91. The van der Waals surface area contributed by atoms with Crippen LogP contribution in [0.2, 0.25) is 0 Å². The first-order valence-electron chi connectivity index (χ1n) is 6.70. The van der Waals surface area contributed by atoms with Gasteiger partial charge in [-0.3, -0.25) is 9.48 Å². The lowest BCUT2D eigenvalue weighted by Crippen LogP contribution is -2.19. The van der Waals surface area contributed by atoms with E-state index in [4.69, 9.17) is 0 Å². The normalized spacial score (nSPS) is 11.4. The molecule has 1 heterocycles. The van der Waals surface area contributed by atoms with Crippen LogP contribution in [0.15, 0.2) is 30.5 Å². The van der Waals surface area contributed by atoms with Crippen molar-refractivity contribution in [2.75, 3.05) is 5.32 Å². The lowest BCUT2D eigenvalue weighted by molar-refractivity contribution is 0.102. The van der Waals surface area contributed by atoms with Gasteiger partial charge in [-0.15, -0.1) is 0 Å². The van der Waals surface area contributed by atoms with Crippen LogP contribution in [0.25, 0.3) is 0 Å². The van der Waals surface area contributed by atoms with Crippen molar-refractivity contribution in [1.29, 1.82) is 0 Å². The smallest absolute Gasteiger partial charge is 0.259 e. The van der Waals surface area contributed by atoms with E-state index in [0.717, 1.165) is 16.9 Å². The molecule has 0 saturated carbocycles. The number of amides is 1. The van der Waals surface area contributed by atoms with Gasteiger partial charge in [0.1, 0.15) is 0 Å². The Kier molecular flexibility index (Phi) is 3.66. The van der Waals surface area contributed by atoms with Crippen LogP contribution in [-0.2, 0) is 12.5 Å². The van der Waals surface area contributed by atoms with E-state index in [1.165, 1.54) is 0 Å². The second kappa shape index (κ2) is 5.12. The Morgan fingerprint density at radius 3 is 2.45 bits per heavy atom. The molecule has 4 heteroatoms. The van der Waals surface area contributed by atoms with Crippen molar-refractivity contribution in [1.82, 2.24) is 9.78 Å². The standard InChI is InChI=1S/C16H21N3O/c1-11-12(10-17-19(11)5)15(20)18-14-9-7-6-8-13(14)16(2,3)4/h6-10H,1-5H3,(H,18,20). The second-order valence-corrected chi connectivity index (χ2v) is 6.02. The maximum Gasteiger partial charge on any atom is 0.259 e. The number of nitrogens with one attached hydrogen (secondary N) is 1. The van der Waals surface area contributed by atoms with Gasteiger partial charge in [-0.25, -0.2) is 0 Å². The van der Waals surface area contributed by atoms with Gasteiger partial charge >= 0.3 is 0 Å². The van der Waals surface area contributed by atoms with Crippen molar-refractivity contribution < 1.29 is 4.79 Å². The van der Waals surface area contributed by atoms with Crippen LogP contribution in [0, 0.1) is 6.92 Å².